The first-order valence-corrected chi connectivity index (χ1v) is 10.4. The lowest BCUT2D eigenvalue weighted by Crippen LogP contribution is -2.44. The molecule has 10 nitrogen and oxygen atoms in total. The van der Waals surface area contributed by atoms with E-state index in [1.807, 2.05) is 25.6 Å². The summed E-state index contributed by atoms with van der Waals surface area (Å²) in [4.78, 5) is 24.0. The number of nitrogens with zero attached hydrogens (tertiary/aromatic N) is 5. The second-order valence-electron chi connectivity index (χ2n) is 8.08. The molecule has 2 saturated heterocycles. The molecule has 2 unspecified atom stereocenters. The zero-order chi connectivity index (χ0) is 23.9. The van der Waals surface area contributed by atoms with E-state index in [0.717, 1.165) is 45.8 Å². The SMILES string of the molecule is Cn1cncc1CN1CCOCC2(CC(CNc3ncccn3)CO2)C1.O=C(O)C(F)(F)F. The number of alkyl halides is 3. The largest absolute Gasteiger partial charge is 0.490 e. The van der Waals surface area contributed by atoms with Crippen LogP contribution in [0.15, 0.2) is 31.0 Å². The van der Waals surface area contributed by atoms with Gasteiger partial charge in [0.05, 0.1) is 31.8 Å². The van der Waals surface area contributed by atoms with Gasteiger partial charge in [0, 0.05) is 57.7 Å². The van der Waals surface area contributed by atoms with Gasteiger partial charge in [-0.1, -0.05) is 0 Å². The van der Waals surface area contributed by atoms with Gasteiger partial charge < -0.3 is 24.5 Å². The molecule has 2 aliphatic heterocycles. The third kappa shape index (κ3) is 7.37. The van der Waals surface area contributed by atoms with Crippen LogP contribution in [0.2, 0.25) is 0 Å². The molecule has 182 valence electrons. The van der Waals surface area contributed by atoms with Gasteiger partial charge in [-0.3, -0.25) is 4.90 Å². The number of anilines is 1. The van der Waals surface area contributed by atoms with Crippen LogP contribution in [0.5, 0.6) is 0 Å². The second kappa shape index (κ2) is 10.9. The summed E-state index contributed by atoms with van der Waals surface area (Å²) in [7, 11) is 2.03. The molecule has 2 atom stereocenters. The van der Waals surface area contributed by atoms with Crippen molar-refractivity contribution < 1.29 is 32.5 Å². The minimum absolute atomic E-state index is 0.223. The number of hydrogen-bond donors (Lipinski definition) is 2. The molecular formula is C20H27F3N6O4. The van der Waals surface area contributed by atoms with Crippen molar-refractivity contribution in [2.24, 2.45) is 13.0 Å². The van der Waals surface area contributed by atoms with Crippen LogP contribution in [0.25, 0.3) is 0 Å². The maximum atomic E-state index is 10.6. The van der Waals surface area contributed by atoms with Crippen LogP contribution in [0.1, 0.15) is 12.1 Å². The zero-order valence-electron chi connectivity index (χ0n) is 18.2. The molecule has 4 heterocycles. The number of rotatable bonds is 5. The van der Waals surface area contributed by atoms with E-state index in [2.05, 4.69) is 29.7 Å². The van der Waals surface area contributed by atoms with Crippen molar-refractivity contribution in [2.75, 3.05) is 44.8 Å². The fraction of sp³-hybridized carbons (Fsp3) is 0.600. The summed E-state index contributed by atoms with van der Waals surface area (Å²) < 4.78 is 46.0. The standard InChI is InChI=1S/C18H26N6O2.C2HF3O2/c1-23-14-19-9-16(23)10-24-5-6-25-13-18(12-24)7-15(11-26-18)8-22-17-20-3-2-4-21-17;3-2(4,5)1(6)7/h2-4,9,14-15H,5-8,10-13H2,1H3,(H,20,21,22);(H,6,7). The smallest absolute Gasteiger partial charge is 0.475 e. The van der Waals surface area contributed by atoms with E-state index in [-0.39, 0.29) is 5.60 Å². The third-order valence-corrected chi connectivity index (χ3v) is 5.37. The summed E-state index contributed by atoms with van der Waals surface area (Å²) in [5.74, 6) is -1.66. The molecule has 0 aromatic carbocycles. The van der Waals surface area contributed by atoms with Crippen LogP contribution in [0, 0.1) is 5.92 Å². The molecule has 1 spiro atoms. The maximum Gasteiger partial charge on any atom is 0.490 e. The van der Waals surface area contributed by atoms with Gasteiger partial charge in [0.15, 0.2) is 0 Å². The van der Waals surface area contributed by atoms with Crippen LogP contribution in [0.4, 0.5) is 19.1 Å². The number of imidazole rings is 1. The van der Waals surface area contributed by atoms with Gasteiger partial charge in [0.25, 0.3) is 0 Å². The van der Waals surface area contributed by atoms with Crippen molar-refractivity contribution in [3.8, 4) is 0 Å². The molecule has 0 saturated carbocycles. The molecule has 33 heavy (non-hydrogen) atoms. The van der Waals surface area contributed by atoms with E-state index < -0.39 is 12.1 Å². The van der Waals surface area contributed by atoms with E-state index in [0.29, 0.717) is 18.5 Å². The fourth-order valence-electron chi connectivity index (χ4n) is 3.79. The van der Waals surface area contributed by atoms with E-state index in [9.17, 15) is 13.2 Å². The van der Waals surface area contributed by atoms with Crippen LogP contribution < -0.4 is 5.32 Å². The van der Waals surface area contributed by atoms with Crippen molar-refractivity contribution >= 4 is 11.9 Å². The Morgan fingerprint density at radius 1 is 1.36 bits per heavy atom. The summed E-state index contributed by atoms with van der Waals surface area (Å²) in [6.45, 7) is 5.62. The van der Waals surface area contributed by atoms with Crippen molar-refractivity contribution in [3.63, 3.8) is 0 Å². The molecule has 0 radical (unpaired) electrons. The first-order valence-electron chi connectivity index (χ1n) is 10.4. The molecule has 0 aliphatic carbocycles. The number of aromatic nitrogens is 4. The number of carboxylic acid groups (broad SMARTS) is 1. The lowest BCUT2D eigenvalue weighted by molar-refractivity contribution is -0.192. The molecule has 2 aromatic rings. The normalized spacial score (nSPS) is 23.6. The molecule has 0 bridgehead atoms. The van der Waals surface area contributed by atoms with Crippen LogP contribution in [-0.2, 0) is 27.9 Å². The average molecular weight is 472 g/mol. The van der Waals surface area contributed by atoms with Crippen molar-refractivity contribution in [3.05, 3.63) is 36.7 Å². The van der Waals surface area contributed by atoms with Gasteiger partial charge in [-0.2, -0.15) is 13.2 Å². The highest BCUT2D eigenvalue weighted by atomic mass is 19.4. The van der Waals surface area contributed by atoms with Crippen molar-refractivity contribution in [1.29, 1.82) is 0 Å². The molecule has 4 rings (SSSR count). The van der Waals surface area contributed by atoms with Crippen molar-refractivity contribution in [1.82, 2.24) is 24.4 Å². The van der Waals surface area contributed by atoms with Crippen LogP contribution >= 0.6 is 0 Å². The predicted molar refractivity (Wildman–Crippen MR) is 110 cm³/mol. The number of carboxylic acids is 1. The molecule has 2 aromatic heterocycles. The predicted octanol–water partition coefficient (Wildman–Crippen LogP) is 1.56. The van der Waals surface area contributed by atoms with E-state index >= 15 is 0 Å². The zero-order valence-corrected chi connectivity index (χ0v) is 18.2. The Balaban J connectivity index is 0.000000383. The lowest BCUT2D eigenvalue weighted by Gasteiger charge is -2.31. The minimum Gasteiger partial charge on any atom is -0.475 e. The summed E-state index contributed by atoms with van der Waals surface area (Å²) in [6, 6.07) is 1.82. The third-order valence-electron chi connectivity index (χ3n) is 5.37. The van der Waals surface area contributed by atoms with Crippen LogP contribution in [0.3, 0.4) is 0 Å². The lowest BCUT2D eigenvalue weighted by atomic mass is 9.94. The number of halogens is 3. The van der Waals surface area contributed by atoms with Gasteiger partial charge in [0.2, 0.25) is 5.95 Å². The summed E-state index contributed by atoms with van der Waals surface area (Å²) in [5.41, 5.74) is 0.985. The van der Waals surface area contributed by atoms with Gasteiger partial charge in [0.1, 0.15) is 5.60 Å². The maximum absolute atomic E-state index is 10.6. The second-order valence-corrected chi connectivity index (χ2v) is 8.08. The number of aryl methyl sites for hydroxylation is 1. The number of ether oxygens (including phenoxy) is 2. The highest BCUT2D eigenvalue weighted by Gasteiger charge is 2.43. The Morgan fingerprint density at radius 3 is 2.73 bits per heavy atom. The first kappa shape index (κ1) is 24.9. The number of aliphatic carboxylic acids is 1. The van der Waals surface area contributed by atoms with E-state index in [1.54, 1.807) is 12.4 Å². The Bertz CT molecular complexity index is 897. The topological polar surface area (TPSA) is 115 Å². The Hall–Kier alpha value is -2.77. The van der Waals surface area contributed by atoms with Gasteiger partial charge in [-0.25, -0.2) is 19.7 Å². The van der Waals surface area contributed by atoms with E-state index in [4.69, 9.17) is 19.4 Å². The van der Waals surface area contributed by atoms with E-state index in [1.165, 1.54) is 5.69 Å². The van der Waals surface area contributed by atoms with Gasteiger partial charge in [-0.05, 0) is 12.5 Å². The fourth-order valence-corrected chi connectivity index (χ4v) is 3.79. The molecule has 2 fully saturated rings. The Labute approximate surface area is 188 Å². The summed E-state index contributed by atoms with van der Waals surface area (Å²) in [5, 5.41) is 10.4. The molecule has 2 N–H and O–H groups in total. The highest BCUT2D eigenvalue weighted by Crippen LogP contribution is 2.33. The number of carbonyl (C=O) groups is 1. The van der Waals surface area contributed by atoms with Crippen LogP contribution in [-0.4, -0.2) is 86.7 Å². The summed E-state index contributed by atoms with van der Waals surface area (Å²) >= 11 is 0. The Morgan fingerprint density at radius 2 is 2.09 bits per heavy atom. The number of hydrogen-bond acceptors (Lipinski definition) is 8. The monoisotopic (exact) mass is 472 g/mol. The van der Waals surface area contributed by atoms with Gasteiger partial charge >= 0.3 is 12.1 Å². The molecule has 2 aliphatic rings. The first-order chi connectivity index (χ1) is 15.7. The quantitative estimate of drug-likeness (QED) is 0.669. The van der Waals surface area contributed by atoms with Gasteiger partial charge in [-0.15, -0.1) is 0 Å². The highest BCUT2D eigenvalue weighted by molar-refractivity contribution is 5.73. The number of nitrogens with one attached hydrogen (secondary N) is 1. The minimum atomic E-state index is -5.08. The Kier molecular flexibility index (Phi) is 8.21. The molecular weight excluding hydrogens is 445 g/mol. The molecule has 0 amide bonds. The average Bonchev–Trinajstić information content (AvgIpc) is 3.29. The van der Waals surface area contributed by atoms with Crippen molar-refractivity contribution in [2.45, 2.75) is 24.7 Å². The summed E-state index contributed by atoms with van der Waals surface area (Å²) in [6.07, 6.45) is 3.17. The molecule has 13 heteroatoms.